The first kappa shape index (κ1) is 28.0. The second kappa shape index (κ2) is 13.5. The van der Waals surface area contributed by atoms with E-state index >= 15 is 0 Å². The molecule has 0 radical (unpaired) electrons. The fourth-order valence-electron chi connectivity index (χ4n) is 2.76. The van der Waals surface area contributed by atoms with E-state index in [1.54, 1.807) is 30.3 Å². The minimum absolute atomic E-state index is 0.0858. The number of benzene rings is 1. The molecule has 0 saturated heterocycles. The van der Waals surface area contributed by atoms with E-state index < -0.39 is 79.2 Å². The first-order chi connectivity index (χ1) is 15.9. The van der Waals surface area contributed by atoms with Crippen molar-refractivity contribution in [2.45, 2.75) is 43.4 Å². The van der Waals surface area contributed by atoms with Gasteiger partial charge in [-0.25, -0.2) is 4.79 Å². The van der Waals surface area contributed by atoms with Crippen LogP contribution in [-0.4, -0.2) is 81.7 Å². The van der Waals surface area contributed by atoms with Gasteiger partial charge in [-0.1, -0.05) is 30.3 Å². The summed E-state index contributed by atoms with van der Waals surface area (Å²) in [6.07, 6.45) is -1.49. The topological polar surface area (TPSA) is 251 Å². The highest BCUT2D eigenvalue weighted by atomic mass is 16.4. The van der Waals surface area contributed by atoms with Crippen LogP contribution in [0.2, 0.25) is 0 Å². The molecule has 0 aliphatic rings. The average molecular weight is 481 g/mol. The maximum absolute atomic E-state index is 12.9. The largest absolute Gasteiger partial charge is 0.481 e. The van der Waals surface area contributed by atoms with Crippen LogP contribution < -0.4 is 27.4 Å². The predicted molar refractivity (Wildman–Crippen MR) is 115 cm³/mol. The third-order valence-electron chi connectivity index (χ3n) is 4.48. The van der Waals surface area contributed by atoms with E-state index in [0.717, 1.165) is 0 Å². The number of nitrogens with one attached hydrogen (secondary N) is 3. The Kier molecular flexibility index (Phi) is 11.1. The second-order valence-corrected chi connectivity index (χ2v) is 7.27. The number of carboxylic acids is 2. The number of hydrogen-bond acceptors (Lipinski definition) is 8. The summed E-state index contributed by atoms with van der Waals surface area (Å²) in [4.78, 5) is 71.0. The lowest BCUT2D eigenvalue weighted by molar-refractivity contribution is -0.143. The minimum Gasteiger partial charge on any atom is -0.481 e. The van der Waals surface area contributed by atoms with E-state index in [0.29, 0.717) is 5.56 Å². The molecule has 1 aromatic carbocycles. The Morgan fingerprint density at radius 2 is 1.32 bits per heavy atom. The summed E-state index contributed by atoms with van der Waals surface area (Å²) in [6.45, 7) is -0.952. The average Bonchev–Trinajstić information content (AvgIpc) is 2.75. The molecule has 0 aliphatic carbocycles. The van der Waals surface area contributed by atoms with Gasteiger partial charge in [-0.15, -0.1) is 0 Å². The number of rotatable bonds is 14. The summed E-state index contributed by atoms with van der Waals surface area (Å²) in [6, 6.07) is 2.23. The van der Waals surface area contributed by atoms with Crippen LogP contribution in [0.5, 0.6) is 0 Å². The highest BCUT2D eigenvalue weighted by Crippen LogP contribution is 2.06. The van der Waals surface area contributed by atoms with Crippen LogP contribution in [0.15, 0.2) is 30.3 Å². The number of primary amides is 1. The summed E-state index contributed by atoms with van der Waals surface area (Å²) >= 11 is 0. The first-order valence-corrected chi connectivity index (χ1v) is 9.99. The molecule has 0 fully saturated rings. The lowest BCUT2D eigenvalue weighted by Crippen LogP contribution is -2.58. The molecule has 0 bridgehead atoms. The third-order valence-corrected chi connectivity index (χ3v) is 4.48. The molecule has 1 rings (SSSR count). The normalized spacial score (nSPS) is 14.1. The highest BCUT2D eigenvalue weighted by molar-refractivity contribution is 5.96. The standard InChI is InChI=1S/C20H27N5O9/c21-11(7-16(28)29)17(30)23-12(6-10-4-2-1-3-5-10)18(31)24-13(8-15(22)27)19(32)25-14(9-26)20(33)34/h1-5,11-14,26H,6-9,21H2,(H2,22,27)(H,23,30)(H,24,31)(H,25,32)(H,28,29)(H,33,34). The highest BCUT2D eigenvalue weighted by Gasteiger charge is 2.31. The van der Waals surface area contributed by atoms with Crippen LogP contribution in [-0.2, 0) is 35.2 Å². The molecular weight excluding hydrogens is 454 g/mol. The molecule has 0 aliphatic heterocycles. The number of nitrogens with two attached hydrogens (primary N) is 2. The fourth-order valence-corrected chi connectivity index (χ4v) is 2.76. The van der Waals surface area contributed by atoms with E-state index in [1.807, 2.05) is 5.32 Å². The van der Waals surface area contributed by atoms with Crippen molar-refractivity contribution in [3.63, 3.8) is 0 Å². The van der Waals surface area contributed by atoms with E-state index in [-0.39, 0.29) is 6.42 Å². The quantitative estimate of drug-likeness (QED) is 0.130. The lowest BCUT2D eigenvalue weighted by Gasteiger charge is -2.24. The molecule has 4 unspecified atom stereocenters. The Hall–Kier alpha value is -4.04. The van der Waals surface area contributed by atoms with Gasteiger partial charge in [-0.05, 0) is 5.56 Å². The molecule has 4 amide bonds. The van der Waals surface area contributed by atoms with Crippen molar-refractivity contribution in [2.75, 3.05) is 6.61 Å². The minimum atomic E-state index is -1.70. The van der Waals surface area contributed by atoms with E-state index in [4.69, 9.17) is 26.8 Å². The Bertz CT molecular complexity index is 909. The molecule has 0 aromatic heterocycles. The lowest BCUT2D eigenvalue weighted by atomic mass is 10.0. The van der Waals surface area contributed by atoms with Gasteiger partial charge in [-0.2, -0.15) is 0 Å². The summed E-state index contributed by atoms with van der Waals surface area (Å²) in [7, 11) is 0. The van der Waals surface area contributed by atoms with Gasteiger partial charge < -0.3 is 42.7 Å². The Balaban J connectivity index is 3.09. The zero-order chi connectivity index (χ0) is 25.8. The molecule has 14 nitrogen and oxygen atoms in total. The molecule has 4 atom stereocenters. The molecule has 1 aromatic rings. The molecule has 10 N–H and O–H groups in total. The van der Waals surface area contributed by atoms with Gasteiger partial charge in [0.2, 0.25) is 23.6 Å². The summed E-state index contributed by atoms with van der Waals surface area (Å²) in [5.41, 5.74) is 11.3. The molecule has 34 heavy (non-hydrogen) atoms. The maximum atomic E-state index is 12.9. The van der Waals surface area contributed by atoms with Crippen molar-refractivity contribution < 1.29 is 44.1 Å². The van der Waals surface area contributed by atoms with Crippen molar-refractivity contribution >= 4 is 35.6 Å². The summed E-state index contributed by atoms with van der Waals surface area (Å²) < 4.78 is 0. The van der Waals surface area contributed by atoms with Gasteiger partial charge in [0.25, 0.3) is 0 Å². The first-order valence-electron chi connectivity index (χ1n) is 9.99. The number of carbonyl (C=O) groups excluding carboxylic acids is 4. The number of aliphatic hydroxyl groups excluding tert-OH is 1. The van der Waals surface area contributed by atoms with Gasteiger partial charge in [0.15, 0.2) is 0 Å². The van der Waals surface area contributed by atoms with Crippen LogP contribution in [0.3, 0.4) is 0 Å². The van der Waals surface area contributed by atoms with E-state index in [2.05, 4.69) is 10.6 Å². The second-order valence-electron chi connectivity index (χ2n) is 7.27. The van der Waals surface area contributed by atoms with Gasteiger partial charge in [0.05, 0.1) is 25.5 Å². The zero-order valence-electron chi connectivity index (χ0n) is 18.0. The maximum Gasteiger partial charge on any atom is 0.328 e. The van der Waals surface area contributed by atoms with Gasteiger partial charge >= 0.3 is 11.9 Å². The number of carboxylic acid groups (broad SMARTS) is 2. The molecule has 14 heteroatoms. The smallest absolute Gasteiger partial charge is 0.328 e. The molecule has 0 spiro atoms. The third kappa shape index (κ3) is 9.62. The number of carbonyl (C=O) groups is 6. The van der Waals surface area contributed by atoms with Crippen molar-refractivity contribution in [1.82, 2.24) is 16.0 Å². The summed E-state index contributed by atoms with van der Waals surface area (Å²) in [5, 5.41) is 33.4. The van der Waals surface area contributed by atoms with Crippen LogP contribution >= 0.6 is 0 Å². The monoisotopic (exact) mass is 481 g/mol. The number of amides is 4. The Morgan fingerprint density at radius 3 is 1.82 bits per heavy atom. The van der Waals surface area contributed by atoms with Crippen molar-refractivity contribution in [1.29, 1.82) is 0 Å². The number of aliphatic carboxylic acids is 2. The van der Waals surface area contributed by atoms with E-state index in [1.165, 1.54) is 0 Å². The van der Waals surface area contributed by atoms with Crippen molar-refractivity contribution in [3.05, 3.63) is 35.9 Å². The Labute approximate surface area is 193 Å². The van der Waals surface area contributed by atoms with Crippen LogP contribution in [0.1, 0.15) is 18.4 Å². The van der Waals surface area contributed by atoms with Crippen molar-refractivity contribution in [3.8, 4) is 0 Å². The van der Waals surface area contributed by atoms with Gasteiger partial charge in [0.1, 0.15) is 18.1 Å². The Morgan fingerprint density at radius 1 is 0.794 bits per heavy atom. The molecule has 0 saturated carbocycles. The summed E-state index contributed by atoms with van der Waals surface area (Å²) in [5.74, 6) is -6.88. The van der Waals surface area contributed by atoms with Gasteiger partial charge in [-0.3, -0.25) is 24.0 Å². The molecule has 186 valence electrons. The van der Waals surface area contributed by atoms with Crippen LogP contribution in [0.25, 0.3) is 0 Å². The van der Waals surface area contributed by atoms with Crippen molar-refractivity contribution in [2.24, 2.45) is 11.5 Å². The molecule has 0 heterocycles. The predicted octanol–water partition coefficient (Wildman–Crippen LogP) is -3.56. The van der Waals surface area contributed by atoms with Crippen LogP contribution in [0, 0.1) is 0 Å². The van der Waals surface area contributed by atoms with E-state index in [9.17, 15) is 28.8 Å². The van der Waals surface area contributed by atoms with Gasteiger partial charge in [0, 0.05) is 6.42 Å². The fraction of sp³-hybridized carbons (Fsp3) is 0.400. The number of hydrogen-bond donors (Lipinski definition) is 8. The number of aliphatic hydroxyl groups is 1. The molecular formula is C20H27N5O9. The SMILES string of the molecule is NC(=O)CC(NC(=O)C(Cc1ccccc1)NC(=O)C(N)CC(=O)O)C(=O)NC(CO)C(=O)O. The van der Waals surface area contributed by atoms with Crippen LogP contribution in [0.4, 0.5) is 0 Å². The zero-order valence-corrected chi connectivity index (χ0v) is 18.0.